The summed E-state index contributed by atoms with van der Waals surface area (Å²) in [4.78, 5) is 26.9. The van der Waals surface area contributed by atoms with Crippen molar-refractivity contribution in [1.29, 1.82) is 0 Å². The summed E-state index contributed by atoms with van der Waals surface area (Å²) in [6.07, 6.45) is 7.10. The fourth-order valence-electron chi connectivity index (χ4n) is 2.28. The minimum absolute atomic E-state index is 0.0663. The van der Waals surface area contributed by atoms with E-state index in [1.54, 1.807) is 17.0 Å². The van der Waals surface area contributed by atoms with Gasteiger partial charge in [-0.25, -0.2) is 4.98 Å². The number of carboxylic acid groups (broad SMARTS) is 1. The summed E-state index contributed by atoms with van der Waals surface area (Å²) in [5, 5.41) is 11.8. The van der Waals surface area contributed by atoms with Crippen LogP contribution in [0.1, 0.15) is 52.0 Å². The Morgan fingerprint density at radius 3 is 2.81 bits per heavy atom. The van der Waals surface area contributed by atoms with Gasteiger partial charge in [0.25, 0.3) is 5.56 Å². The highest BCUT2D eigenvalue weighted by atomic mass is 16.4. The van der Waals surface area contributed by atoms with E-state index in [1.165, 1.54) is 0 Å². The van der Waals surface area contributed by atoms with E-state index < -0.39 is 5.97 Å². The minimum Gasteiger partial charge on any atom is -0.481 e. The van der Waals surface area contributed by atoms with Gasteiger partial charge in [0.05, 0.1) is 0 Å². The van der Waals surface area contributed by atoms with Crippen LogP contribution in [0.25, 0.3) is 0 Å². The van der Waals surface area contributed by atoms with Crippen molar-refractivity contribution >= 4 is 11.8 Å². The average molecular weight is 293 g/mol. The van der Waals surface area contributed by atoms with E-state index in [-0.39, 0.29) is 17.4 Å². The fraction of sp³-hybridized carbons (Fsp3) is 0.667. The van der Waals surface area contributed by atoms with Crippen molar-refractivity contribution in [3.8, 4) is 0 Å². The van der Waals surface area contributed by atoms with E-state index in [2.05, 4.69) is 10.3 Å². The van der Waals surface area contributed by atoms with E-state index in [0.29, 0.717) is 24.8 Å². The molecule has 0 radical (unpaired) electrons. The Bertz CT molecular complexity index is 562. The molecule has 0 amide bonds. The van der Waals surface area contributed by atoms with Crippen LogP contribution < -0.4 is 10.9 Å². The lowest BCUT2D eigenvalue weighted by Crippen LogP contribution is -2.25. The predicted octanol–water partition coefficient (Wildman–Crippen LogP) is 2.27. The third kappa shape index (κ3) is 4.58. The zero-order chi connectivity index (χ0) is 15.5. The van der Waals surface area contributed by atoms with Crippen molar-refractivity contribution in [2.24, 2.45) is 5.41 Å². The highest BCUT2D eigenvalue weighted by Gasteiger charge is 2.25. The van der Waals surface area contributed by atoms with Crippen LogP contribution in [0.5, 0.6) is 0 Å². The first-order valence-electron chi connectivity index (χ1n) is 7.42. The average Bonchev–Trinajstić information content (AvgIpc) is 3.23. The molecule has 1 heterocycles. The lowest BCUT2D eigenvalue weighted by molar-refractivity contribution is -0.137. The van der Waals surface area contributed by atoms with Crippen LogP contribution in [0.2, 0.25) is 0 Å². The first-order chi connectivity index (χ1) is 9.89. The number of nitrogens with one attached hydrogen (secondary N) is 1. The van der Waals surface area contributed by atoms with Gasteiger partial charge in [-0.1, -0.05) is 13.8 Å². The number of carbonyl (C=O) groups is 1. The molecule has 2 rings (SSSR count). The molecule has 0 atom stereocenters. The number of hydrogen-bond acceptors (Lipinski definition) is 4. The van der Waals surface area contributed by atoms with Crippen LogP contribution >= 0.6 is 0 Å². The molecule has 0 aromatic carbocycles. The topological polar surface area (TPSA) is 84.2 Å². The summed E-state index contributed by atoms with van der Waals surface area (Å²) in [7, 11) is 0. The number of anilines is 1. The summed E-state index contributed by atoms with van der Waals surface area (Å²) in [5.74, 6) is -0.383. The number of aliphatic carboxylic acids is 1. The van der Waals surface area contributed by atoms with E-state index in [4.69, 9.17) is 5.11 Å². The summed E-state index contributed by atoms with van der Waals surface area (Å²) in [5.41, 5.74) is -0.140. The quantitative estimate of drug-likeness (QED) is 0.768. The molecule has 0 spiro atoms. The third-order valence-corrected chi connectivity index (χ3v) is 3.92. The molecular formula is C15H23N3O3. The standard InChI is InChI=1S/C15H23N3O3/c1-15(2,6-5-12(19)20)7-8-16-13-14(21)18(10-9-17-13)11-3-4-11/h9-11H,3-8H2,1-2H3,(H,16,17)(H,19,20). The van der Waals surface area contributed by atoms with Crippen LogP contribution in [-0.2, 0) is 4.79 Å². The molecule has 1 saturated carbocycles. The van der Waals surface area contributed by atoms with Crippen molar-refractivity contribution in [3.05, 3.63) is 22.7 Å². The van der Waals surface area contributed by atoms with E-state index in [9.17, 15) is 9.59 Å². The molecule has 6 nitrogen and oxygen atoms in total. The number of carboxylic acids is 1. The summed E-state index contributed by atoms with van der Waals surface area (Å²) < 4.78 is 1.74. The molecule has 1 aliphatic rings. The first kappa shape index (κ1) is 15.5. The van der Waals surface area contributed by atoms with Gasteiger partial charge in [-0.15, -0.1) is 0 Å². The molecule has 2 N–H and O–H groups in total. The number of rotatable bonds is 8. The lowest BCUT2D eigenvalue weighted by atomic mass is 9.84. The third-order valence-electron chi connectivity index (χ3n) is 3.92. The Morgan fingerprint density at radius 1 is 1.48 bits per heavy atom. The normalized spacial score (nSPS) is 15.0. The highest BCUT2D eigenvalue weighted by Crippen LogP contribution is 2.33. The molecule has 0 unspecified atom stereocenters. The smallest absolute Gasteiger partial charge is 0.303 e. The van der Waals surface area contributed by atoms with Crippen LogP contribution in [0, 0.1) is 5.41 Å². The van der Waals surface area contributed by atoms with Gasteiger partial charge in [0.1, 0.15) is 0 Å². The summed E-state index contributed by atoms with van der Waals surface area (Å²) >= 11 is 0. The summed E-state index contributed by atoms with van der Waals surface area (Å²) in [6.45, 7) is 4.70. The van der Waals surface area contributed by atoms with E-state index >= 15 is 0 Å². The summed E-state index contributed by atoms with van der Waals surface area (Å²) in [6, 6.07) is 0.341. The molecule has 0 bridgehead atoms. The Morgan fingerprint density at radius 2 is 2.19 bits per heavy atom. The molecule has 21 heavy (non-hydrogen) atoms. The highest BCUT2D eigenvalue weighted by molar-refractivity contribution is 5.66. The molecule has 0 saturated heterocycles. The van der Waals surface area contributed by atoms with Crippen LogP contribution in [0.15, 0.2) is 17.2 Å². The van der Waals surface area contributed by atoms with Gasteiger partial charge < -0.3 is 15.0 Å². The number of nitrogens with zero attached hydrogens (tertiary/aromatic N) is 2. The molecule has 1 aliphatic carbocycles. The second-order valence-corrected chi connectivity index (χ2v) is 6.45. The molecule has 6 heteroatoms. The minimum atomic E-state index is -0.770. The van der Waals surface area contributed by atoms with Crippen LogP contribution in [0.3, 0.4) is 0 Å². The Hall–Kier alpha value is -1.85. The molecule has 1 aromatic rings. The van der Waals surface area contributed by atoms with Crippen LogP contribution in [0.4, 0.5) is 5.82 Å². The van der Waals surface area contributed by atoms with Crippen molar-refractivity contribution in [3.63, 3.8) is 0 Å². The zero-order valence-corrected chi connectivity index (χ0v) is 12.6. The van der Waals surface area contributed by atoms with Gasteiger partial charge in [0, 0.05) is 31.4 Å². The molecule has 116 valence electrons. The second kappa shape index (κ2) is 6.28. The first-order valence-corrected chi connectivity index (χ1v) is 7.42. The SMILES string of the molecule is CC(C)(CCNc1nccn(C2CC2)c1=O)CCC(=O)O. The number of hydrogen-bond donors (Lipinski definition) is 2. The van der Waals surface area contributed by atoms with E-state index in [1.807, 2.05) is 13.8 Å². The van der Waals surface area contributed by atoms with Gasteiger partial charge in [0.15, 0.2) is 5.82 Å². The Labute approximate surface area is 124 Å². The zero-order valence-electron chi connectivity index (χ0n) is 12.6. The maximum absolute atomic E-state index is 12.2. The van der Waals surface area contributed by atoms with E-state index in [0.717, 1.165) is 19.3 Å². The Balaban J connectivity index is 1.87. The van der Waals surface area contributed by atoms with Gasteiger partial charge in [-0.05, 0) is 31.1 Å². The lowest BCUT2D eigenvalue weighted by Gasteiger charge is -2.23. The maximum atomic E-state index is 12.2. The number of aromatic nitrogens is 2. The molecule has 1 fully saturated rings. The van der Waals surface area contributed by atoms with Gasteiger partial charge in [-0.2, -0.15) is 0 Å². The van der Waals surface area contributed by atoms with Crippen molar-refractivity contribution < 1.29 is 9.90 Å². The van der Waals surface area contributed by atoms with Crippen molar-refractivity contribution in [2.75, 3.05) is 11.9 Å². The largest absolute Gasteiger partial charge is 0.481 e. The fourth-order valence-corrected chi connectivity index (χ4v) is 2.28. The Kier molecular flexibility index (Phi) is 4.65. The van der Waals surface area contributed by atoms with Gasteiger partial charge >= 0.3 is 5.97 Å². The predicted molar refractivity (Wildman–Crippen MR) is 80.5 cm³/mol. The molecular weight excluding hydrogens is 270 g/mol. The second-order valence-electron chi connectivity index (χ2n) is 6.45. The van der Waals surface area contributed by atoms with Gasteiger partial charge in [-0.3, -0.25) is 9.59 Å². The van der Waals surface area contributed by atoms with Crippen molar-refractivity contribution in [1.82, 2.24) is 9.55 Å². The maximum Gasteiger partial charge on any atom is 0.303 e. The monoisotopic (exact) mass is 293 g/mol. The molecule has 0 aliphatic heterocycles. The van der Waals surface area contributed by atoms with Crippen LogP contribution in [-0.4, -0.2) is 27.2 Å². The molecule has 1 aromatic heterocycles. The van der Waals surface area contributed by atoms with Crippen molar-refractivity contribution in [2.45, 2.75) is 52.0 Å². The van der Waals surface area contributed by atoms with Gasteiger partial charge in [0.2, 0.25) is 0 Å².